The maximum atomic E-state index is 14.8. The zero-order chi connectivity index (χ0) is 18.1. The van der Waals surface area contributed by atoms with Gasteiger partial charge in [0.05, 0.1) is 23.7 Å². The first-order valence-electron chi connectivity index (χ1n) is 7.61. The van der Waals surface area contributed by atoms with Gasteiger partial charge in [0.1, 0.15) is 0 Å². The number of aromatic nitrogens is 1. The molecule has 0 N–H and O–H groups in total. The Bertz CT molecular complexity index is 976. The molecule has 0 aliphatic carbocycles. The smallest absolute Gasteiger partial charge is 0.308 e. The Morgan fingerprint density at radius 1 is 1.08 bits per heavy atom. The minimum atomic E-state index is -0.682. The number of nitrogens with zero attached hydrogens (tertiary/aromatic N) is 1. The third-order valence-corrected chi connectivity index (χ3v) is 3.91. The largest absolute Gasteiger partial charge is 0.494 e. The van der Waals surface area contributed by atoms with Crippen molar-refractivity contribution in [2.45, 2.75) is 13.8 Å². The molecule has 0 aliphatic rings. The molecule has 1 heterocycles. The van der Waals surface area contributed by atoms with Gasteiger partial charge in [-0.25, -0.2) is 4.39 Å². The van der Waals surface area contributed by atoms with Crippen molar-refractivity contribution < 1.29 is 23.5 Å². The highest BCUT2D eigenvalue weighted by molar-refractivity contribution is 6.06. The monoisotopic (exact) mass is 341 g/mol. The molecule has 0 bridgehead atoms. The second kappa shape index (κ2) is 6.39. The Morgan fingerprint density at radius 3 is 2.36 bits per heavy atom. The van der Waals surface area contributed by atoms with E-state index in [9.17, 15) is 14.0 Å². The average molecular weight is 341 g/mol. The molecular formula is C19H16FNO4. The highest BCUT2D eigenvalue weighted by Crippen LogP contribution is 2.38. The number of carbonyl (C=O) groups is 2. The summed E-state index contributed by atoms with van der Waals surface area (Å²) in [6.07, 6.45) is 0. The summed E-state index contributed by atoms with van der Waals surface area (Å²) in [5, 5.41) is 0.0383. The summed E-state index contributed by atoms with van der Waals surface area (Å²) in [5.74, 6) is -1.60. The number of carbonyl (C=O) groups excluding carboxylic acids is 2. The van der Waals surface area contributed by atoms with E-state index in [0.717, 1.165) is 0 Å². The summed E-state index contributed by atoms with van der Waals surface area (Å²) in [4.78, 5) is 24.4. The van der Waals surface area contributed by atoms with Crippen molar-refractivity contribution >= 4 is 22.8 Å². The van der Waals surface area contributed by atoms with Gasteiger partial charge in [-0.15, -0.1) is 0 Å². The van der Waals surface area contributed by atoms with Gasteiger partial charge in [0.25, 0.3) is 5.91 Å². The van der Waals surface area contributed by atoms with Crippen LogP contribution in [0.4, 0.5) is 4.39 Å². The molecule has 0 unspecified atom stereocenters. The van der Waals surface area contributed by atoms with Gasteiger partial charge < -0.3 is 9.47 Å². The predicted octanol–water partition coefficient (Wildman–Crippen LogP) is 3.71. The molecule has 0 radical (unpaired) electrons. The van der Waals surface area contributed by atoms with Gasteiger partial charge in [0.15, 0.2) is 17.3 Å². The molecule has 0 fully saturated rings. The molecule has 0 spiro atoms. The van der Waals surface area contributed by atoms with Crippen molar-refractivity contribution in [1.82, 2.24) is 4.57 Å². The van der Waals surface area contributed by atoms with Crippen LogP contribution in [0.2, 0.25) is 0 Å². The number of benzene rings is 2. The molecule has 0 amide bonds. The minimum absolute atomic E-state index is 0.00483. The zero-order valence-corrected chi connectivity index (χ0v) is 14.0. The van der Waals surface area contributed by atoms with E-state index in [1.54, 1.807) is 43.3 Å². The summed E-state index contributed by atoms with van der Waals surface area (Å²) in [6.45, 7) is 2.82. The van der Waals surface area contributed by atoms with Crippen molar-refractivity contribution in [1.29, 1.82) is 0 Å². The van der Waals surface area contributed by atoms with E-state index in [4.69, 9.17) is 9.47 Å². The Labute approximate surface area is 143 Å². The maximum absolute atomic E-state index is 14.8. The first-order valence-corrected chi connectivity index (χ1v) is 7.61. The van der Waals surface area contributed by atoms with Crippen LogP contribution in [0.15, 0.2) is 42.5 Å². The molecule has 0 saturated heterocycles. The van der Waals surface area contributed by atoms with Crippen LogP contribution in [-0.4, -0.2) is 23.6 Å². The lowest BCUT2D eigenvalue weighted by Gasteiger charge is -2.07. The van der Waals surface area contributed by atoms with Crippen molar-refractivity contribution in [2.24, 2.45) is 0 Å². The maximum Gasteiger partial charge on any atom is 0.308 e. The molecule has 0 saturated carbocycles. The SMILES string of the molecule is COc1ccc2c(c1F)c(OC(C)=O)c(C)n2C(=O)c1ccccc1. The van der Waals surface area contributed by atoms with E-state index in [2.05, 4.69) is 0 Å². The third-order valence-electron chi connectivity index (χ3n) is 3.91. The molecule has 0 aliphatic heterocycles. The van der Waals surface area contributed by atoms with Crippen molar-refractivity contribution in [2.75, 3.05) is 7.11 Å². The Hall–Kier alpha value is -3.15. The van der Waals surface area contributed by atoms with Gasteiger partial charge in [-0.2, -0.15) is 0 Å². The van der Waals surface area contributed by atoms with Gasteiger partial charge >= 0.3 is 5.97 Å². The fraction of sp³-hybridized carbons (Fsp3) is 0.158. The standard InChI is InChI=1S/C19H16FNO4/c1-11-18(25-12(2)22)16-14(9-10-15(24-3)17(16)20)21(11)19(23)13-7-5-4-6-8-13/h4-10H,1-3H3. The van der Waals surface area contributed by atoms with Crippen molar-refractivity contribution in [3.8, 4) is 11.5 Å². The number of ether oxygens (including phenoxy) is 2. The summed E-state index contributed by atoms with van der Waals surface area (Å²) >= 11 is 0. The van der Waals surface area contributed by atoms with E-state index < -0.39 is 11.8 Å². The minimum Gasteiger partial charge on any atom is -0.494 e. The Balaban J connectivity index is 2.33. The molecule has 25 heavy (non-hydrogen) atoms. The Kier molecular flexibility index (Phi) is 4.27. The van der Waals surface area contributed by atoms with E-state index in [-0.39, 0.29) is 22.8 Å². The van der Waals surface area contributed by atoms with Gasteiger partial charge in [-0.1, -0.05) is 18.2 Å². The number of hydrogen-bond donors (Lipinski definition) is 0. The second-order valence-corrected chi connectivity index (χ2v) is 5.49. The molecule has 0 atom stereocenters. The molecule has 6 heteroatoms. The highest BCUT2D eigenvalue weighted by Gasteiger charge is 2.26. The van der Waals surface area contributed by atoms with Gasteiger partial charge in [0.2, 0.25) is 0 Å². The van der Waals surface area contributed by atoms with Gasteiger partial charge in [-0.3, -0.25) is 14.2 Å². The number of halogens is 1. The number of esters is 1. The zero-order valence-electron chi connectivity index (χ0n) is 14.0. The number of rotatable bonds is 3. The quantitative estimate of drug-likeness (QED) is 0.682. The highest BCUT2D eigenvalue weighted by atomic mass is 19.1. The van der Waals surface area contributed by atoms with Crippen LogP contribution in [-0.2, 0) is 4.79 Å². The van der Waals surface area contributed by atoms with Gasteiger partial charge in [-0.05, 0) is 31.2 Å². The van der Waals surface area contributed by atoms with Crippen LogP contribution in [0.25, 0.3) is 10.9 Å². The first-order chi connectivity index (χ1) is 12.0. The van der Waals surface area contributed by atoms with E-state index in [0.29, 0.717) is 16.8 Å². The van der Waals surface area contributed by atoms with Crippen LogP contribution in [0, 0.1) is 12.7 Å². The second-order valence-electron chi connectivity index (χ2n) is 5.49. The van der Waals surface area contributed by atoms with Crippen LogP contribution in [0.3, 0.4) is 0 Å². The number of hydrogen-bond acceptors (Lipinski definition) is 4. The van der Waals surface area contributed by atoms with Crippen LogP contribution in [0.1, 0.15) is 23.0 Å². The van der Waals surface area contributed by atoms with Crippen LogP contribution in [0.5, 0.6) is 11.5 Å². The van der Waals surface area contributed by atoms with E-state index in [1.165, 1.54) is 24.7 Å². The molecule has 2 aromatic carbocycles. The average Bonchev–Trinajstić information content (AvgIpc) is 2.87. The number of fused-ring (bicyclic) bond motifs is 1. The number of methoxy groups -OCH3 is 1. The Morgan fingerprint density at radius 2 is 1.76 bits per heavy atom. The lowest BCUT2D eigenvalue weighted by molar-refractivity contribution is -0.131. The summed E-state index contributed by atoms with van der Waals surface area (Å²) in [7, 11) is 1.34. The summed E-state index contributed by atoms with van der Waals surface area (Å²) in [5.41, 5.74) is 1.08. The summed E-state index contributed by atoms with van der Waals surface area (Å²) < 4.78 is 26.3. The van der Waals surface area contributed by atoms with Gasteiger partial charge in [0, 0.05) is 12.5 Å². The van der Waals surface area contributed by atoms with Crippen LogP contribution >= 0.6 is 0 Å². The third kappa shape index (κ3) is 2.76. The predicted molar refractivity (Wildman–Crippen MR) is 90.7 cm³/mol. The topological polar surface area (TPSA) is 57.5 Å². The lowest BCUT2D eigenvalue weighted by Crippen LogP contribution is -2.13. The van der Waals surface area contributed by atoms with Crippen molar-refractivity contribution in [3.63, 3.8) is 0 Å². The normalized spacial score (nSPS) is 10.7. The van der Waals surface area contributed by atoms with E-state index >= 15 is 0 Å². The molecular weight excluding hydrogens is 325 g/mol. The molecule has 3 rings (SSSR count). The van der Waals surface area contributed by atoms with E-state index in [1.807, 2.05) is 0 Å². The summed E-state index contributed by atoms with van der Waals surface area (Å²) in [6, 6.07) is 11.6. The molecule has 128 valence electrons. The molecule has 5 nitrogen and oxygen atoms in total. The van der Waals surface area contributed by atoms with Crippen LogP contribution < -0.4 is 9.47 Å². The van der Waals surface area contributed by atoms with Crippen molar-refractivity contribution in [3.05, 3.63) is 59.5 Å². The first kappa shape index (κ1) is 16.7. The lowest BCUT2D eigenvalue weighted by atomic mass is 10.2. The molecule has 1 aromatic heterocycles. The fourth-order valence-corrected chi connectivity index (χ4v) is 2.81. The fourth-order valence-electron chi connectivity index (χ4n) is 2.81. The molecule has 3 aromatic rings.